The largest absolute Gasteiger partial charge is 0.340 e. The van der Waals surface area contributed by atoms with Crippen LogP contribution in [0.1, 0.15) is 30.7 Å². The number of benzene rings is 1. The molecule has 0 unspecified atom stereocenters. The summed E-state index contributed by atoms with van der Waals surface area (Å²) in [6.07, 6.45) is 4.49. The fraction of sp³-hybridized carbons (Fsp3) is 0.368. The van der Waals surface area contributed by atoms with Gasteiger partial charge in [-0.3, -0.25) is 13.9 Å². The van der Waals surface area contributed by atoms with Crippen LogP contribution in [0.3, 0.4) is 0 Å². The highest BCUT2D eigenvalue weighted by molar-refractivity contribution is 5.81. The van der Waals surface area contributed by atoms with Crippen LogP contribution >= 0.6 is 0 Å². The Hall–Kier alpha value is -3.34. The molecule has 0 saturated heterocycles. The second-order valence-corrected chi connectivity index (χ2v) is 6.86. The molecule has 8 heteroatoms. The van der Waals surface area contributed by atoms with Crippen LogP contribution < -0.4 is 16.6 Å². The van der Waals surface area contributed by atoms with Crippen LogP contribution in [0.25, 0.3) is 11.0 Å². The van der Waals surface area contributed by atoms with Crippen molar-refractivity contribution >= 4 is 22.5 Å². The minimum atomic E-state index is -0.613. The molecular formula is C19H20N6O2. The zero-order valence-electron chi connectivity index (χ0n) is 15.3. The number of nitrogens with one attached hydrogen (secondary N) is 1. The van der Waals surface area contributed by atoms with Gasteiger partial charge in [0.05, 0.1) is 11.0 Å². The zero-order valence-corrected chi connectivity index (χ0v) is 15.3. The van der Waals surface area contributed by atoms with Crippen LogP contribution in [0.4, 0.5) is 11.5 Å². The van der Waals surface area contributed by atoms with Crippen LogP contribution in [-0.2, 0) is 27.1 Å². The molecule has 0 amide bonds. The maximum Gasteiger partial charge on any atom is 0.332 e. The van der Waals surface area contributed by atoms with Crippen molar-refractivity contribution in [3.63, 3.8) is 0 Å². The quantitative estimate of drug-likeness (QED) is 0.747. The van der Waals surface area contributed by atoms with Crippen molar-refractivity contribution < 1.29 is 0 Å². The first-order valence-corrected chi connectivity index (χ1v) is 8.97. The summed E-state index contributed by atoms with van der Waals surface area (Å²) in [4.78, 5) is 29.2. The van der Waals surface area contributed by atoms with Crippen molar-refractivity contribution in [2.45, 2.75) is 32.2 Å². The van der Waals surface area contributed by atoms with Gasteiger partial charge in [0.2, 0.25) is 0 Å². The molecule has 3 heterocycles. The zero-order chi connectivity index (χ0) is 19.1. The van der Waals surface area contributed by atoms with E-state index in [0.717, 1.165) is 47.2 Å². The average Bonchev–Trinajstić information content (AvgIpc) is 2.84. The van der Waals surface area contributed by atoms with E-state index >= 15 is 0 Å². The Kier molecular flexibility index (Phi) is 4.07. The summed E-state index contributed by atoms with van der Waals surface area (Å²) in [7, 11) is 2.89. The van der Waals surface area contributed by atoms with Crippen molar-refractivity contribution in [1.82, 2.24) is 18.7 Å². The maximum absolute atomic E-state index is 12.2. The number of nitriles is 1. The van der Waals surface area contributed by atoms with Gasteiger partial charge in [-0.05, 0) is 31.0 Å². The monoisotopic (exact) mass is 364 g/mol. The van der Waals surface area contributed by atoms with E-state index < -0.39 is 11.2 Å². The third-order valence-corrected chi connectivity index (χ3v) is 5.15. The van der Waals surface area contributed by atoms with Crippen LogP contribution in [-0.4, -0.2) is 18.7 Å². The maximum atomic E-state index is 12.2. The molecule has 1 aromatic carbocycles. The van der Waals surface area contributed by atoms with Crippen LogP contribution in [0.2, 0.25) is 0 Å². The molecule has 8 nitrogen and oxygen atoms in total. The van der Waals surface area contributed by atoms with E-state index in [1.807, 2.05) is 24.3 Å². The van der Waals surface area contributed by atoms with Gasteiger partial charge in [-0.25, -0.2) is 9.78 Å². The predicted octanol–water partition coefficient (Wildman–Crippen LogP) is 1.78. The third-order valence-electron chi connectivity index (χ3n) is 5.15. The van der Waals surface area contributed by atoms with Crippen LogP contribution in [0.15, 0.2) is 27.8 Å². The Labute approximate surface area is 155 Å². The smallest absolute Gasteiger partial charge is 0.332 e. The van der Waals surface area contributed by atoms with Gasteiger partial charge in [0.25, 0.3) is 5.56 Å². The first-order valence-electron chi connectivity index (χ1n) is 8.97. The molecule has 2 aromatic heterocycles. The third kappa shape index (κ3) is 2.72. The van der Waals surface area contributed by atoms with Crippen molar-refractivity contribution in [3.8, 4) is 6.07 Å². The normalized spacial score (nSPS) is 13.8. The second kappa shape index (κ2) is 6.43. The number of rotatable bonds is 2. The molecule has 0 spiro atoms. The van der Waals surface area contributed by atoms with E-state index in [2.05, 4.69) is 9.88 Å². The molecule has 3 aromatic rings. The lowest BCUT2D eigenvalue weighted by molar-refractivity contribution is 0.647. The van der Waals surface area contributed by atoms with Crippen LogP contribution in [0.5, 0.6) is 0 Å². The van der Waals surface area contributed by atoms with Crippen molar-refractivity contribution in [1.29, 1.82) is 5.26 Å². The van der Waals surface area contributed by atoms with E-state index in [1.165, 1.54) is 25.1 Å². The van der Waals surface area contributed by atoms with Gasteiger partial charge >= 0.3 is 5.69 Å². The first kappa shape index (κ1) is 17.1. The second-order valence-electron chi connectivity index (χ2n) is 6.86. The molecule has 138 valence electrons. The fourth-order valence-electron chi connectivity index (χ4n) is 3.66. The highest BCUT2D eigenvalue weighted by Gasteiger charge is 2.17. The summed E-state index contributed by atoms with van der Waals surface area (Å²) in [5.74, 6) is 1.28. The van der Waals surface area contributed by atoms with Gasteiger partial charge in [0.15, 0.2) is 5.56 Å². The lowest BCUT2D eigenvalue weighted by Crippen LogP contribution is -2.39. The van der Waals surface area contributed by atoms with Gasteiger partial charge in [-0.15, -0.1) is 0 Å². The lowest BCUT2D eigenvalue weighted by atomic mass is 10.2. The predicted molar refractivity (Wildman–Crippen MR) is 102 cm³/mol. The van der Waals surface area contributed by atoms with Gasteiger partial charge < -0.3 is 9.88 Å². The number of aryl methyl sites for hydroxylation is 2. The average molecular weight is 364 g/mol. The summed E-state index contributed by atoms with van der Waals surface area (Å²) >= 11 is 0. The number of nitrogens with zero attached hydrogens (tertiary/aromatic N) is 5. The molecule has 0 aliphatic carbocycles. The standard InChI is InChI=1S/C19H20N6O2/c1-23-17(13(11-20)18(26)24(2)19(23)27)21-12-7-8-15-14(10-12)22-16-6-4-3-5-9-25(15)16/h7-8,10,21H,3-6,9H2,1-2H3. The Bertz CT molecular complexity index is 1210. The highest BCUT2D eigenvalue weighted by Crippen LogP contribution is 2.26. The molecule has 0 saturated carbocycles. The van der Waals surface area contributed by atoms with E-state index in [1.54, 1.807) is 0 Å². The highest BCUT2D eigenvalue weighted by atomic mass is 16.2. The topological polar surface area (TPSA) is 97.6 Å². The summed E-state index contributed by atoms with van der Waals surface area (Å²) in [6, 6.07) is 7.66. The Balaban J connectivity index is 1.80. The van der Waals surface area contributed by atoms with E-state index in [-0.39, 0.29) is 11.4 Å². The molecule has 0 atom stereocenters. The van der Waals surface area contributed by atoms with Gasteiger partial charge in [0.1, 0.15) is 17.7 Å². The van der Waals surface area contributed by atoms with Crippen LogP contribution in [0, 0.1) is 11.3 Å². The summed E-state index contributed by atoms with van der Waals surface area (Å²) in [5, 5.41) is 12.5. The van der Waals surface area contributed by atoms with E-state index in [4.69, 9.17) is 4.98 Å². The summed E-state index contributed by atoms with van der Waals surface area (Å²) in [6.45, 7) is 0.973. The molecular weight excluding hydrogens is 344 g/mol. The van der Waals surface area contributed by atoms with Crippen molar-refractivity contribution in [3.05, 3.63) is 50.4 Å². The summed E-state index contributed by atoms with van der Waals surface area (Å²) < 4.78 is 4.46. The van der Waals surface area contributed by atoms with E-state index in [0.29, 0.717) is 5.69 Å². The molecule has 1 aliphatic rings. The minimum absolute atomic E-state index is 0.0969. The molecule has 0 bridgehead atoms. The SMILES string of the molecule is Cn1c(Nc2ccc3c(c2)nc2n3CCCCC2)c(C#N)c(=O)n(C)c1=O. The Morgan fingerprint density at radius 2 is 1.96 bits per heavy atom. The molecule has 0 fully saturated rings. The molecule has 1 N–H and O–H groups in total. The first-order chi connectivity index (χ1) is 13.0. The molecule has 0 radical (unpaired) electrons. The number of hydrogen-bond donors (Lipinski definition) is 1. The Morgan fingerprint density at radius 3 is 2.74 bits per heavy atom. The van der Waals surface area contributed by atoms with Crippen molar-refractivity contribution in [2.24, 2.45) is 14.1 Å². The number of hydrogen-bond acceptors (Lipinski definition) is 5. The Morgan fingerprint density at radius 1 is 1.15 bits per heavy atom. The lowest BCUT2D eigenvalue weighted by Gasteiger charge is -2.13. The van der Waals surface area contributed by atoms with Gasteiger partial charge in [-0.2, -0.15) is 5.26 Å². The molecule has 4 rings (SSSR count). The van der Waals surface area contributed by atoms with Gasteiger partial charge in [0, 0.05) is 32.7 Å². The molecule has 1 aliphatic heterocycles. The van der Waals surface area contributed by atoms with Gasteiger partial charge in [-0.1, -0.05) is 6.42 Å². The number of aromatic nitrogens is 4. The molecule has 27 heavy (non-hydrogen) atoms. The fourth-order valence-corrected chi connectivity index (χ4v) is 3.66. The van der Waals surface area contributed by atoms with E-state index in [9.17, 15) is 14.9 Å². The van der Waals surface area contributed by atoms with Crippen molar-refractivity contribution in [2.75, 3.05) is 5.32 Å². The summed E-state index contributed by atoms with van der Waals surface area (Å²) in [5.41, 5.74) is 1.42. The number of fused-ring (bicyclic) bond motifs is 3. The minimum Gasteiger partial charge on any atom is -0.340 e. The number of anilines is 2. The number of imidazole rings is 1.